The average Bonchev–Trinajstić information content (AvgIpc) is 2.89. The number of hydrogen-bond acceptors (Lipinski definition) is 6. The minimum Gasteiger partial charge on any atom is -0.481 e. The van der Waals surface area contributed by atoms with Gasteiger partial charge in [0.05, 0.1) is 25.5 Å². The molecule has 7 heteroatoms. The van der Waals surface area contributed by atoms with E-state index in [-0.39, 0.29) is 0 Å². The summed E-state index contributed by atoms with van der Waals surface area (Å²) in [5.74, 6) is 1.06. The summed E-state index contributed by atoms with van der Waals surface area (Å²) in [5.41, 5.74) is 1.88. The van der Waals surface area contributed by atoms with E-state index in [4.69, 9.17) is 9.47 Å². The van der Waals surface area contributed by atoms with Crippen molar-refractivity contribution < 1.29 is 9.47 Å². The van der Waals surface area contributed by atoms with E-state index >= 15 is 0 Å². The van der Waals surface area contributed by atoms with Crippen molar-refractivity contribution in [1.82, 2.24) is 25.1 Å². The number of aryl methyl sites for hydroxylation is 1. The first-order valence-electron chi connectivity index (χ1n) is 6.35. The molecule has 2 rings (SSSR count). The number of methoxy groups -OCH3 is 2. The van der Waals surface area contributed by atoms with E-state index in [1.165, 1.54) is 6.33 Å². The molecule has 0 saturated heterocycles. The van der Waals surface area contributed by atoms with E-state index in [9.17, 15) is 0 Å². The summed E-state index contributed by atoms with van der Waals surface area (Å²) < 4.78 is 12.2. The number of nitrogens with zero attached hydrogens (tertiary/aromatic N) is 4. The van der Waals surface area contributed by atoms with Crippen LogP contribution in [0.15, 0.2) is 18.6 Å². The van der Waals surface area contributed by atoms with Gasteiger partial charge in [0.15, 0.2) is 0 Å². The molecule has 0 bridgehead atoms. The van der Waals surface area contributed by atoms with Gasteiger partial charge in [0.25, 0.3) is 0 Å². The third-order valence-electron chi connectivity index (χ3n) is 2.88. The van der Waals surface area contributed by atoms with Crippen LogP contribution in [0.1, 0.15) is 11.3 Å². The van der Waals surface area contributed by atoms with Gasteiger partial charge in [-0.2, -0.15) is 5.10 Å². The average molecular weight is 277 g/mol. The Hall–Kier alpha value is -2.15. The van der Waals surface area contributed by atoms with Crippen LogP contribution in [0.2, 0.25) is 0 Å². The minimum atomic E-state index is 0.530. The van der Waals surface area contributed by atoms with E-state index in [0.29, 0.717) is 18.3 Å². The van der Waals surface area contributed by atoms with Crippen LogP contribution < -0.4 is 14.8 Å². The Morgan fingerprint density at radius 3 is 2.45 bits per heavy atom. The van der Waals surface area contributed by atoms with Crippen molar-refractivity contribution >= 4 is 0 Å². The molecule has 0 aromatic carbocycles. The third-order valence-corrected chi connectivity index (χ3v) is 2.88. The molecule has 2 heterocycles. The molecule has 20 heavy (non-hydrogen) atoms. The summed E-state index contributed by atoms with van der Waals surface area (Å²) >= 11 is 0. The molecular formula is C13H19N5O2. The van der Waals surface area contributed by atoms with Gasteiger partial charge in [-0.25, -0.2) is 9.97 Å². The largest absolute Gasteiger partial charge is 0.481 e. The summed E-state index contributed by atoms with van der Waals surface area (Å²) in [6.45, 7) is 1.39. The molecule has 0 atom stereocenters. The quantitative estimate of drug-likeness (QED) is 0.745. The summed E-state index contributed by atoms with van der Waals surface area (Å²) in [4.78, 5) is 8.15. The number of rotatable bonds is 7. The summed E-state index contributed by atoms with van der Waals surface area (Å²) in [6.07, 6.45) is 4.22. The zero-order valence-electron chi connectivity index (χ0n) is 12.0. The molecule has 0 unspecified atom stereocenters. The molecule has 0 aliphatic carbocycles. The van der Waals surface area contributed by atoms with Crippen molar-refractivity contribution in [3.8, 4) is 11.8 Å². The highest BCUT2D eigenvalue weighted by molar-refractivity contribution is 5.34. The lowest BCUT2D eigenvalue weighted by Gasteiger charge is -2.11. The zero-order chi connectivity index (χ0) is 14.4. The molecule has 2 aromatic heterocycles. The van der Waals surface area contributed by atoms with Gasteiger partial charge in [0.1, 0.15) is 6.33 Å². The SMILES string of the molecule is COc1ncnc(OC)c1CNCCc1ccn(C)n1. The van der Waals surface area contributed by atoms with Crippen molar-refractivity contribution in [3.63, 3.8) is 0 Å². The molecule has 108 valence electrons. The fraction of sp³-hybridized carbons (Fsp3) is 0.462. The number of nitrogens with one attached hydrogen (secondary N) is 1. The van der Waals surface area contributed by atoms with Crippen molar-refractivity contribution in [2.75, 3.05) is 20.8 Å². The Morgan fingerprint density at radius 1 is 1.20 bits per heavy atom. The molecule has 7 nitrogen and oxygen atoms in total. The second-order valence-electron chi connectivity index (χ2n) is 4.28. The number of ether oxygens (including phenoxy) is 2. The van der Waals surface area contributed by atoms with Crippen LogP contribution >= 0.6 is 0 Å². The van der Waals surface area contributed by atoms with E-state index in [1.807, 2.05) is 19.3 Å². The van der Waals surface area contributed by atoms with Gasteiger partial charge in [0, 0.05) is 32.8 Å². The Bertz CT molecular complexity index is 533. The number of aromatic nitrogens is 4. The smallest absolute Gasteiger partial charge is 0.224 e. The molecular weight excluding hydrogens is 258 g/mol. The minimum absolute atomic E-state index is 0.530. The maximum absolute atomic E-state index is 5.22. The van der Waals surface area contributed by atoms with Crippen LogP contribution in [0, 0.1) is 0 Å². The van der Waals surface area contributed by atoms with Crippen LogP contribution in [0.25, 0.3) is 0 Å². The first-order chi connectivity index (χ1) is 9.74. The molecule has 0 fully saturated rings. The Morgan fingerprint density at radius 2 is 1.90 bits per heavy atom. The van der Waals surface area contributed by atoms with Gasteiger partial charge in [-0.05, 0) is 6.07 Å². The Balaban J connectivity index is 1.90. The monoisotopic (exact) mass is 277 g/mol. The van der Waals surface area contributed by atoms with Crippen molar-refractivity contribution in [1.29, 1.82) is 0 Å². The standard InChI is InChI=1S/C13H19N5O2/c1-18-7-5-10(17-18)4-6-14-8-11-12(19-2)15-9-16-13(11)20-3/h5,7,9,14H,4,6,8H2,1-3H3. The lowest BCUT2D eigenvalue weighted by Crippen LogP contribution is -2.18. The lowest BCUT2D eigenvalue weighted by molar-refractivity contribution is 0.359. The van der Waals surface area contributed by atoms with Gasteiger partial charge in [0.2, 0.25) is 11.8 Å². The van der Waals surface area contributed by atoms with Crippen LogP contribution in [0.4, 0.5) is 0 Å². The molecule has 1 N–H and O–H groups in total. The van der Waals surface area contributed by atoms with Crippen LogP contribution in [0.3, 0.4) is 0 Å². The molecule has 0 amide bonds. The maximum atomic E-state index is 5.22. The van der Waals surface area contributed by atoms with Crippen LogP contribution in [-0.4, -0.2) is 40.5 Å². The summed E-state index contributed by atoms with van der Waals surface area (Å²) in [5, 5.41) is 7.64. The molecule has 0 aliphatic heterocycles. The second-order valence-corrected chi connectivity index (χ2v) is 4.28. The summed E-state index contributed by atoms with van der Waals surface area (Å²) in [7, 11) is 5.08. The fourth-order valence-corrected chi connectivity index (χ4v) is 1.91. The maximum Gasteiger partial charge on any atom is 0.224 e. The topological polar surface area (TPSA) is 74.1 Å². The van der Waals surface area contributed by atoms with Crippen molar-refractivity contribution in [2.24, 2.45) is 7.05 Å². The molecule has 0 aliphatic rings. The highest BCUT2D eigenvalue weighted by atomic mass is 16.5. The number of hydrogen-bond donors (Lipinski definition) is 1. The van der Waals surface area contributed by atoms with E-state index in [1.54, 1.807) is 18.9 Å². The predicted molar refractivity (Wildman–Crippen MR) is 73.8 cm³/mol. The predicted octanol–water partition coefficient (Wildman–Crippen LogP) is 0.560. The Labute approximate surface area is 118 Å². The highest BCUT2D eigenvalue weighted by Crippen LogP contribution is 2.22. The van der Waals surface area contributed by atoms with Gasteiger partial charge < -0.3 is 14.8 Å². The van der Waals surface area contributed by atoms with Crippen LogP contribution in [0.5, 0.6) is 11.8 Å². The van der Waals surface area contributed by atoms with E-state index in [2.05, 4.69) is 20.4 Å². The van der Waals surface area contributed by atoms with E-state index < -0.39 is 0 Å². The third kappa shape index (κ3) is 3.45. The van der Waals surface area contributed by atoms with Gasteiger partial charge in [-0.1, -0.05) is 0 Å². The lowest BCUT2D eigenvalue weighted by atomic mass is 10.2. The van der Waals surface area contributed by atoms with Crippen LogP contribution in [-0.2, 0) is 20.0 Å². The first kappa shape index (κ1) is 14.3. The zero-order valence-corrected chi connectivity index (χ0v) is 12.0. The Kier molecular flexibility index (Phi) is 4.89. The fourth-order valence-electron chi connectivity index (χ4n) is 1.91. The van der Waals surface area contributed by atoms with Gasteiger partial charge in [-0.3, -0.25) is 4.68 Å². The molecule has 0 spiro atoms. The van der Waals surface area contributed by atoms with Crippen molar-refractivity contribution in [2.45, 2.75) is 13.0 Å². The molecule has 0 radical (unpaired) electrons. The highest BCUT2D eigenvalue weighted by Gasteiger charge is 2.12. The molecule has 0 saturated carbocycles. The summed E-state index contributed by atoms with van der Waals surface area (Å²) in [6, 6.07) is 2.01. The van der Waals surface area contributed by atoms with E-state index in [0.717, 1.165) is 24.2 Å². The van der Waals surface area contributed by atoms with Crippen molar-refractivity contribution in [3.05, 3.63) is 29.8 Å². The molecule has 2 aromatic rings. The van der Waals surface area contributed by atoms with Gasteiger partial charge in [-0.15, -0.1) is 0 Å². The second kappa shape index (κ2) is 6.85. The first-order valence-corrected chi connectivity index (χ1v) is 6.35. The van der Waals surface area contributed by atoms with Gasteiger partial charge >= 0.3 is 0 Å². The normalized spacial score (nSPS) is 10.6.